The molecule has 352 valence electrons. The average Bonchev–Trinajstić information content (AvgIpc) is 4.37. The van der Waals surface area contributed by atoms with Gasteiger partial charge in [-0.3, -0.25) is 0 Å². The van der Waals surface area contributed by atoms with Crippen LogP contribution in [0.1, 0.15) is 5.56 Å². The van der Waals surface area contributed by atoms with Gasteiger partial charge < -0.3 is 18.3 Å². The molecule has 75 heavy (non-hydrogen) atoms. The number of aryl methyl sites for hydroxylation is 1. The lowest BCUT2D eigenvalue weighted by atomic mass is 10.00. The van der Waals surface area contributed by atoms with Gasteiger partial charge >= 0.3 is 0 Å². The third-order valence-corrected chi connectivity index (χ3v) is 14.9. The van der Waals surface area contributed by atoms with E-state index in [-0.39, 0.29) is 0 Å². The lowest BCUT2D eigenvalue weighted by molar-refractivity contribution is 1.07. The molecule has 0 fully saturated rings. The second-order valence-corrected chi connectivity index (χ2v) is 19.4. The van der Waals surface area contributed by atoms with Crippen LogP contribution in [-0.2, 0) is 0 Å². The first-order valence-electron chi connectivity index (χ1n) is 25.4. The molecular formula is C68H45N7. The van der Waals surface area contributed by atoms with Crippen molar-refractivity contribution in [3.8, 4) is 68.0 Å². The first kappa shape index (κ1) is 42.6. The molecule has 15 rings (SSSR count). The van der Waals surface area contributed by atoms with Crippen molar-refractivity contribution in [2.75, 3.05) is 0 Å². The van der Waals surface area contributed by atoms with Crippen molar-refractivity contribution in [2.24, 2.45) is 0 Å². The predicted octanol–water partition coefficient (Wildman–Crippen LogP) is 16.9. The number of aromatic nitrogens is 7. The molecule has 0 aliphatic heterocycles. The van der Waals surface area contributed by atoms with E-state index in [0.717, 1.165) is 78.1 Å². The van der Waals surface area contributed by atoms with Crippen LogP contribution >= 0.6 is 0 Å². The summed E-state index contributed by atoms with van der Waals surface area (Å²) in [6.45, 7) is 2.16. The first-order chi connectivity index (χ1) is 37.1. The van der Waals surface area contributed by atoms with Gasteiger partial charge in [-0.15, -0.1) is 0 Å². The van der Waals surface area contributed by atoms with Gasteiger partial charge in [0, 0.05) is 84.2 Å². The van der Waals surface area contributed by atoms with Crippen molar-refractivity contribution >= 4 is 65.4 Å². The molecule has 0 atom stereocenters. The van der Waals surface area contributed by atoms with E-state index < -0.39 is 0 Å². The Labute approximate surface area is 432 Å². The van der Waals surface area contributed by atoms with Gasteiger partial charge in [0.05, 0.1) is 33.1 Å². The monoisotopic (exact) mass is 959 g/mol. The topological polar surface area (TPSA) is 58.4 Å². The number of benzene rings is 10. The molecule has 0 spiro atoms. The van der Waals surface area contributed by atoms with Gasteiger partial charge in [-0.25, -0.2) is 15.0 Å². The van der Waals surface area contributed by atoms with E-state index in [2.05, 4.69) is 244 Å². The van der Waals surface area contributed by atoms with Crippen LogP contribution in [0.2, 0.25) is 0 Å². The summed E-state index contributed by atoms with van der Waals surface area (Å²) >= 11 is 0. The summed E-state index contributed by atoms with van der Waals surface area (Å²) in [4.78, 5) is 15.3. The summed E-state index contributed by atoms with van der Waals surface area (Å²) in [6, 6.07) is 86.7. The molecule has 0 saturated carbocycles. The third kappa shape index (κ3) is 6.93. The van der Waals surface area contributed by atoms with Gasteiger partial charge in [-0.05, 0) is 127 Å². The van der Waals surface area contributed by atoms with E-state index in [9.17, 15) is 0 Å². The van der Waals surface area contributed by atoms with Crippen molar-refractivity contribution in [1.82, 2.24) is 33.2 Å². The zero-order valence-electron chi connectivity index (χ0n) is 40.9. The van der Waals surface area contributed by atoms with Crippen molar-refractivity contribution in [3.63, 3.8) is 0 Å². The highest BCUT2D eigenvalue weighted by molar-refractivity contribution is 6.21. The number of nitrogens with zero attached hydrogens (tertiary/aromatic N) is 7. The minimum Gasteiger partial charge on any atom is -0.316 e. The van der Waals surface area contributed by atoms with Gasteiger partial charge in [0.15, 0.2) is 17.5 Å². The Bertz CT molecular complexity index is 4630. The Morgan fingerprint density at radius 2 is 0.667 bits per heavy atom. The summed E-state index contributed by atoms with van der Waals surface area (Å²) in [6.07, 6.45) is 4.39. The molecule has 0 radical (unpaired) electrons. The van der Waals surface area contributed by atoms with E-state index in [1.165, 1.54) is 43.5 Å². The summed E-state index contributed by atoms with van der Waals surface area (Å²) in [5.41, 5.74) is 17.6. The van der Waals surface area contributed by atoms with Crippen LogP contribution in [0, 0.1) is 6.92 Å². The number of fused-ring (bicyclic) bond motifs is 10. The molecule has 15 aromatic rings. The van der Waals surface area contributed by atoms with Crippen LogP contribution in [0.4, 0.5) is 0 Å². The summed E-state index contributed by atoms with van der Waals surface area (Å²) in [5, 5.41) is 7.16. The summed E-state index contributed by atoms with van der Waals surface area (Å²) in [7, 11) is 0. The standard InChI is InChI=1S/C68H45N7/c1-44-39-49(68-70-66(45-17-7-2-8-18-45)69-67(71-68)46-19-9-3-10-20-46)41-53(40-44)75-63-32-28-48(43-59(63)55-30-34-61-57(65(55)75)36-38-73(61)51-23-13-5-14-24-51)47-27-31-62-58(42-47)54-29-33-60-56(35-37-72(60)50-21-11-4-12-22-50)64(54)74(62)52-25-15-6-16-26-52/h2-43H,1H3. The third-order valence-electron chi connectivity index (χ3n) is 14.9. The first-order valence-corrected chi connectivity index (χ1v) is 25.4. The Balaban J connectivity index is 0.938. The molecule has 0 amide bonds. The average molecular weight is 960 g/mol. The van der Waals surface area contributed by atoms with Gasteiger partial charge in [0.1, 0.15) is 0 Å². The number of rotatable bonds is 8. The Morgan fingerprint density at radius 3 is 1.13 bits per heavy atom. The number of hydrogen-bond acceptors (Lipinski definition) is 3. The zero-order valence-corrected chi connectivity index (χ0v) is 40.9. The summed E-state index contributed by atoms with van der Waals surface area (Å²) in [5.74, 6) is 1.89. The molecule has 0 bridgehead atoms. The number of para-hydroxylation sites is 3. The van der Waals surface area contributed by atoms with Gasteiger partial charge in [-0.2, -0.15) is 0 Å². The van der Waals surface area contributed by atoms with Crippen LogP contribution in [0.5, 0.6) is 0 Å². The summed E-state index contributed by atoms with van der Waals surface area (Å²) < 4.78 is 9.46. The lowest BCUT2D eigenvalue weighted by Crippen LogP contribution is -2.02. The zero-order chi connectivity index (χ0) is 49.6. The normalized spacial score (nSPS) is 11.8. The Kier molecular flexibility index (Phi) is 9.65. The van der Waals surface area contributed by atoms with Crippen molar-refractivity contribution < 1.29 is 0 Å². The minimum absolute atomic E-state index is 0.620. The second kappa shape index (κ2) is 17.0. The minimum atomic E-state index is 0.620. The molecular weight excluding hydrogens is 915 g/mol. The molecule has 5 heterocycles. The van der Waals surface area contributed by atoms with Crippen LogP contribution < -0.4 is 0 Å². The van der Waals surface area contributed by atoms with Gasteiger partial charge in [0.25, 0.3) is 0 Å². The van der Waals surface area contributed by atoms with Crippen molar-refractivity contribution in [3.05, 3.63) is 261 Å². The maximum Gasteiger partial charge on any atom is 0.164 e. The predicted molar refractivity (Wildman–Crippen MR) is 309 cm³/mol. The van der Waals surface area contributed by atoms with E-state index in [0.29, 0.717) is 17.5 Å². The lowest BCUT2D eigenvalue weighted by Gasteiger charge is -2.14. The van der Waals surface area contributed by atoms with Crippen LogP contribution in [0.15, 0.2) is 255 Å². The van der Waals surface area contributed by atoms with E-state index in [1.807, 2.05) is 36.4 Å². The highest BCUT2D eigenvalue weighted by Crippen LogP contribution is 2.43. The molecule has 5 aromatic heterocycles. The Hall–Kier alpha value is -10.1. The molecule has 0 aliphatic carbocycles. The maximum absolute atomic E-state index is 5.17. The molecule has 10 aromatic carbocycles. The fourth-order valence-electron chi connectivity index (χ4n) is 11.5. The maximum atomic E-state index is 5.17. The molecule has 7 heteroatoms. The van der Waals surface area contributed by atoms with Crippen LogP contribution in [0.3, 0.4) is 0 Å². The van der Waals surface area contributed by atoms with E-state index >= 15 is 0 Å². The second-order valence-electron chi connectivity index (χ2n) is 19.4. The Morgan fingerprint density at radius 1 is 0.267 bits per heavy atom. The molecule has 0 saturated heterocycles. The fraction of sp³-hybridized carbons (Fsp3) is 0.0147. The number of hydrogen-bond donors (Lipinski definition) is 0. The van der Waals surface area contributed by atoms with Crippen LogP contribution in [-0.4, -0.2) is 33.2 Å². The van der Waals surface area contributed by atoms with Crippen molar-refractivity contribution in [1.29, 1.82) is 0 Å². The van der Waals surface area contributed by atoms with E-state index in [4.69, 9.17) is 15.0 Å². The van der Waals surface area contributed by atoms with Crippen molar-refractivity contribution in [2.45, 2.75) is 6.92 Å². The van der Waals surface area contributed by atoms with E-state index in [1.54, 1.807) is 0 Å². The van der Waals surface area contributed by atoms with Gasteiger partial charge in [0.2, 0.25) is 0 Å². The SMILES string of the molecule is Cc1cc(-c2nc(-c3ccccc3)nc(-c3ccccc3)n2)cc(-n2c3ccc(-c4ccc5c(c4)c4ccc6c(ccn6-c6ccccc6)c4n5-c4ccccc4)cc3c3ccc4c(ccn4-c4ccccc4)c32)c1. The fourth-order valence-corrected chi connectivity index (χ4v) is 11.5. The highest BCUT2D eigenvalue weighted by atomic mass is 15.0. The highest BCUT2D eigenvalue weighted by Gasteiger charge is 2.22. The van der Waals surface area contributed by atoms with Crippen LogP contribution in [0.25, 0.3) is 133 Å². The molecule has 0 aliphatic rings. The molecule has 0 unspecified atom stereocenters. The smallest absolute Gasteiger partial charge is 0.164 e. The quantitative estimate of drug-likeness (QED) is 0.152. The molecule has 0 N–H and O–H groups in total. The largest absolute Gasteiger partial charge is 0.316 e. The molecule has 7 nitrogen and oxygen atoms in total. The van der Waals surface area contributed by atoms with Gasteiger partial charge in [-0.1, -0.05) is 140 Å².